The number of carbonyl (C=O) groups is 1. The Hall–Kier alpha value is -2.30. The minimum atomic E-state index is -0.190. The highest BCUT2D eigenvalue weighted by atomic mass is 16.1. The Bertz CT molecular complexity index is 559. The van der Waals surface area contributed by atoms with Crippen LogP contribution in [0, 0.1) is 13.8 Å². The zero-order valence-electron chi connectivity index (χ0n) is 9.74. The fraction of sp³-hybridized carbons (Fsp3) is 0.167. The van der Waals surface area contributed by atoms with Crippen LogP contribution in [0.15, 0.2) is 24.4 Å². The van der Waals surface area contributed by atoms with E-state index in [2.05, 4.69) is 15.5 Å². The summed E-state index contributed by atoms with van der Waals surface area (Å²) in [6.07, 6.45) is 1.51. The van der Waals surface area contributed by atoms with Gasteiger partial charge in [0.2, 0.25) is 0 Å². The second-order valence-corrected chi connectivity index (χ2v) is 3.94. The zero-order valence-corrected chi connectivity index (χ0v) is 9.74. The number of benzene rings is 1. The van der Waals surface area contributed by atoms with Crippen LogP contribution in [-0.4, -0.2) is 16.1 Å². The van der Waals surface area contributed by atoms with Crippen molar-refractivity contribution in [1.29, 1.82) is 0 Å². The van der Waals surface area contributed by atoms with Gasteiger partial charge in [-0.25, -0.2) is 0 Å². The Morgan fingerprint density at radius 2 is 2.18 bits per heavy atom. The maximum Gasteiger partial charge on any atom is 0.259 e. The average molecular weight is 230 g/mol. The van der Waals surface area contributed by atoms with Gasteiger partial charge in [0.15, 0.2) is 0 Å². The Morgan fingerprint density at radius 1 is 1.41 bits per heavy atom. The molecule has 2 aromatic rings. The van der Waals surface area contributed by atoms with Gasteiger partial charge in [0.05, 0.1) is 11.8 Å². The topological polar surface area (TPSA) is 83.8 Å². The molecule has 17 heavy (non-hydrogen) atoms. The number of nitrogen functional groups attached to an aromatic ring is 1. The predicted molar refractivity (Wildman–Crippen MR) is 66.9 cm³/mol. The maximum absolute atomic E-state index is 11.9. The summed E-state index contributed by atoms with van der Waals surface area (Å²) in [4.78, 5) is 11.9. The van der Waals surface area contributed by atoms with E-state index in [0.717, 1.165) is 16.9 Å². The van der Waals surface area contributed by atoms with Crippen LogP contribution < -0.4 is 11.1 Å². The molecule has 4 N–H and O–H groups in total. The number of amides is 1. The zero-order chi connectivity index (χ0) is 12.4. The molecule has 2 rings (SSSR count). The molecule has 5 heteroatoms. The minimum Gasteiger partial charge on any atom is -0.399 e. The van der Waals surface area contributed by atoms with Crippen molar-refractivity contribution in [2.75, 3.05) is 11.1 Å². The number of rotatable bonds is 2. The van der Waals surface area contributed by atoms with Crippen molar-refractivity contribution in [2.45, 2.75) is 13.8 Å². The quantitative estimate of drug-likeness (QED) is 0.688. The molecule has 0 bridgehead atoms. The van der Waals surface area contributed by atoms with Crippen LogP contribution in [0.2, 0.25) is 0 Å². The highest BCUT2D eigenvalue weighted by molar-refractivity contribution is 6.05. The van der Waals surface area contributed by atoms with Crippen molar-refractivity contribution in [3.8, 4) is 0 Å². The Morgan fingerprint density at radius 3 is 2.82 bits per heavy atom. The minimum absolute atomic E-state index is 0.190. The van der Waals surface area contributed by atoms with Gasteiger partial charge in [-0.15, -0.1) is 0 Å². The molecule has 1 heterocycles. The summed E-state index contributed by atoms with van der Waals surface area (Å²) >= 11 is 0. The molecule has 0 aliphatic carbocycles. The molecule has 0 unspecified atom stereocenters. The van der Waals surface area contributed by atoms with Crippen LogP contribution in [-0.2, 0) is 0 Å². The normalized spacial score (nSPS) is 10.2. The highest BCUT2D eigenvalue weighted by Gasteiger charge is 2.11. The van der Waals surface area contributed by atoms with E-state index in [1.54, 1.807) is 19.1 Å². The lowest BCUT2D eigenvalue weighted by atomic mass is 10.1. The van der Waals surface area contributed by atoms with Crippen LogP contribution in [0.1, 0.15) is 21.6 Å². The first-order valence-electron chi connectivity index (χ1n) is 5.25. The third-order valence-corrected chi connectivity index (χ3v) is 2.58. The standard InChI is InChI=1S/C12H14N4O/c1-7-3-4-9(13)5-11(7)15-12(17)10-6-14-16-8(10)2/h3-6H,13H2,1-2H3,(H,14,16)(H,15,17). The first-order chi connectivity index (χ1) is 8.08. The van der Waals surface area contributed by atoms with Crippen molar-refractivity contribution in [3.63, 3.8) is 0 Å². The Kier molecular flexibility index (Phi) is 2.82. The number of aromatic amines is 1. The van der Waals surface area contributed by atoms with Gasteiger partial charge in [-0.3, -0.25) is 9.89 Å². The van der Waals surface area contributed by atoms with Gasteiger partial charge in [0, 0.05) is 17.1 Å². The summed E-state index contributed by atoms with van der Waals surface area (Å²) in [6.45, 7) is 3.71. The van der Waals surface area contributed by atoms with E-state index in [1.165, 1.54) is 6.20 Å². The Labute approximate surface area is 99.0 Å². The molecule has 0 radical (unpaired) electrons. The van der Waals surface area contributed by atoms with Gasteiger partial charge in [-0.1, -0.05) is 6.07 Å². The van der Waals surface area contributed by atoms with Gasteiger partial charge in [0.1, 0.15) is 0 Å². The number of nitrogens with zero attached hydrogens (tertiary/aromatic N) is 1. The third kappa shape index (κ3) is 2.28. The summed E-state index contributed by atoms with van der Waals surface area (Å²) in [5.74, 6) is -0.190. The number of aromatic nitrogens is 2. The fourth-order valence-electron chi connectivity index (χ4n) is 1.54. The third-order valence-electron chi connectivity index (χ3n) is 2.58. The number of nitrogens with two attached hydrogens (primary N) is 1. The van der Waals surface area contributed by atoms with E-state index in [4.69, 9.17) is 5.73 Å². The molecule has 0 aliphatic heterocycles. The van der Waals surface area contributed by atoms with Gasteiger partial charge in [-0.2, -0.15) is 5.10 Å². The number of H-pyrrole nitrogens is 1. The van der Waals surface area contributed by atoms with Crippen molar-refractivity contribution in [1.82, 2.24) is 10.2 Å². The molecule has 0 spiro atoms. The number of aryl methyl sites for hydroxylation is 2. The molecule has 0 fully saturated rings. The van der Waals surface area contributed by atoms with Gasteiger partial charge >= 0.3 is 0 Å². The van der Waals surface area contributed by atoms with Crippen molar-refractivity contribution >= 4 is 17.3 Å². The highest BCUT2D eigenvalue weighted by Crippen LogP contribution is 2.19. The smallest absolute Gasteiger partial charge is 0.259 e. The number of anilines is 2. The molecule has 0 saturated heterocycles. The molecule has 1 amide bonds. The Balaban J connectivity index is 2.24. The summed E-state index contributed by atoms with van der Waals surface area (Å²) in [5, 5.41) is 9.35. The van der Waals surface area contributed by atoms with Crippen molar-refractivity contribution < 1.29 is 4.79 Å². The van der Waals surface area contributed by atoms with Crippen molar-refractivity contribution in [3.05, 3.63) is 41.2 Å². The van der Waals surface area contributed by atoms with E-state index in [-0.39, 0.29) is 5.91 Å². The lowest BCUT2D eigenvalue weighted by Crippen LogP contribution is -2.13. The molecule has 0 saturated carbocycles. The maximum atomic E-state index is 11.9. The number of nitrogens with one attached hydrogen (secondary N) is 2. The molecular weight excluding hydrogens is 216 g/mol. The van der Waals surface area contributed by atoms with Crippen LogP contribution in [0.3, 0.4) is 0 Å². The number of hydrogen-bond donors (Lipinski definition) is 3. The first kappa shape index (κ1) is 11.2. The van der Waals surface area contributed by atoms with Crippen molar-refractivity contribution in [2.24, 2.45) is 0 Å². The molecule has 1 aromatic heterocycles. The van der Waals surface area contributed by atoms with E-state index >= 15 is 0 Å². The average Bonchev–Trinajstić information content (AvgIpc) is 2.70. The summed E-state index contributed by atoms with van der Waals surface area (Å²) in [5.41, 5.74) is 9.26. The fourth-order valence-corrected chi connectivity index (χ4v) is 1.54. The summed E-state index contributed by atoms with van der Waals surface area (Å²) in [6, 6.07) is 5.41. The van der Waals surface area contributed by atoms with Crippen LogP contribution in [0.4, 0.5) is 11.4 Å². The van der Waals surface area contributed by atoms with Gasteiger partial charge in [-0.05, 0) is 31.5 Å². The van der Waals surface area contributed by atoms with Crippen LogP contribution >= 0.6 is 0 Å². The number of hydrogen-bond acceptors (Lipinski definition) is 3. The first-order valence-corrected chi connectivity index (χ1v) is 5.25. The lowest BCUT2D eigenvalue weighted by molar-refractivity contribution is 0.102. The van der Waals surface area contributed by atoms with E-state index in [0.29, 0.717) is 11.3 Å². The van der Waals surface area contributed by atoms with E-state index in [9.17, 15) is 4.79 Å². The van der Waals surface area contributed by atoms with E-state index < -0.39 is 0 Å². The summed E-state index contributed by atoms with van der Waals surface area (Å²) in [7, 11) is 0. The van der Waals surface area contributed by atoms with Crippen LogP contribution in [0.5, 0.6) is 0 Å². The summed E-state index contributed by atoms with van der Waals surface area (Å²) < 4.78 is 0. The van der Waals surface area contributed by atoms with Gasteiger partial charge in [0.25, 0.3) is 5.91 Å². The largest absolute Gasteiger partial charge is 0.399 e. The van der Waals surface area contributed by atoms with Gasteiger partial charge < -0.3 is 11.1 Å². The second-order valence-electron chi connectivity index (χ2n) is 3.94. The molecule has 5 nitrogen and oxygen atoms in total. The molecular formula is C12H14N4O. The molecule has 0 aliphatic rings. The number of carbonyl (C=O) groups excluding carboxylic acids is 1. The van der Waals surface area contributed by atoms with Crippen LogP contribution in [0.25, 0.3) is 0 Å². The van der Waals surface area contributed by atoms with E-state index in [1.807, 2.05) is 13.0 Å². The molecule has 1 aromatic carbocycles. The lowest BCUT2D eigenvalue weighted by Gasteiger charge is -2.08. The predicted octanol–water partition coefficient (Wildman–Crippen LogP) is 1.86. The molecule has 88 valence electrons. The molecule has 0 atom stereocenters. The monoisotopic (exact) mass is 230 g/mol. The second kappa shape index (κ2) is 4.29. The SMILES string of the molecule is Cc1ccc(N)cc1NC(=O)c1cn[nH]c1C.